The lowest BCUT2D eigenvalue weighted by atomic mass is 10.1. The molecule has 1 N–H and O–H groups in total. The number of nitrogens with one attached hydrogen (secondary N) is 1. The van der Waals surface area contributed by atoms with E-state index in [1.165, 1.54) is 0 Å². The third-order valence-electron chi connectivity index (χ3n) is 2.80. The number of carbonyl (C=O) groups is 1. The smallest absolute Gasteiger partial charge is 0.244 e. The molecule has 5 heteroatoms. The number of carbonyl (C=O) groups excluding carboxylic acids is 1. The Kier molecular flexibility index (Phi) is 5.35. The van der Waals surface area contributed by atoms with Gasteiger partial charge in [0.1, 0.15) is 5.75 Å². The van der Waals surface area contributed by atoms with E-state index in [0.717, 1.165) is 16.9 Å². The van der Waals surface area contributed by atoms with Crippen molar-refractivity contribution < 1.29 is 9.53 Å². The number of nitrogens with zero attached hydrogens (tertiary/aromatic N) is 1. The molecule has 0 spiro atoms. The Morgan fingerprint density at radius 3 is 2.48 bits per heavy atom. The topological polar surface area (TPSA) is 50.7 Å². The van der Waals surface area contributed by atoms with E-state index in [1.807, 2.05) is 36.4 Å². The first-order valence-electron chi connectivity index (χ1n) is 6.38. The van der Waals surface area contributed by atoms with E-state index in [-0.39, 0.29) is 12.3 Å². The maximum atomic E-state index is 11.7. The van der Waals surface area contributed by atoms with E-state index >= 15 is 0 Å². The van der Waals surface area contributed by atoms with Gasteiger partial charge in [0.25, 0.3) is 0 Å². The molecule has 0 heterocycles. The van der Waals surface area contributed by atoms with Gasteiger partial charge >= 0.3 is 0 Å². The van der Waals surface area contributed by atoms with Crippen molar-refractivity contribution in [2.75, 3.05) is 7.11 Å². The number of benzene rings is 2. The lowest BCUT2D eigenvalue weighted by Gasteiger charge is -2.02. The van der Waals surface area contributed by atoms with Gasteiger partial charge in [-0.05, 0) is 35.4 Å². The van der Waals surface area contributed by atoms with E-state index in [0.29, 0.717) is 5.02 Å². The number of methoxy groups -OCH3 is 1. The fourth-order valence-corrected chi connectivity index (χ4v) is 1.82. The van der Waals surface area contributed by atoms with Crippen LogP contribution in [-0.4, -0.2) is 19.2 Å². The number of ether oxygens (including phenoxy) is 1. The average molecular weight is 303 g/mol. The number of rotatable bonds is 5. The molecule has 0 aliphatic heterocycles. The minimum absolute atomic E-state index is 0.176. The van der Waals surface area contributed by atoms with Gasteiger partial charge in [-0.1, -0.05) is 35.9 Å². The maximum Gasteiger partial charge on any atom is 0.244 e. The van der Waals surface area contributed by atoms with Crippen LogP contribution >= 0.6 is 11.6 Å². The zero-order valence-corrected chi connectivity index (χ0v) is 12.3. The number of amides is 1. The molecule has 21 heavy (non-hydrogen) atoms. The Morgan fingerprint density at radius 2 is 1.86 bits per heavy atom. The van der Waals surface area contributed by atoms with Crippen LogP contribution < -0.4 is 10.2 Å². The molecule has 2 aromatic carbocycles. The van der Waals surface area contributed by atoms with Crippen LogP contribution in [0.4, 0.5) is 0 Å². The summed E-state index contributed by atoms with van der Waals surface area (Å²) in [6.45, 7) is 0. The summed E-state index contributed by atoms with van der Waals surface area (Å²) in [7, 11) is 1.60. The lowest BCUT2D eigenvalue weighted by molar-refractivity contribution is -0.120. The molecule has 0 aliphatic carbocycles. The predicted molar refractivity (Wildman–Crippen MR) is 83.9 cm³/mol. The van der Waals surface area contributed by atoms with Crippen molar-refractivity contribution in [1.82, 2.24) is 5.43 Å². The average Bonchev–Trinajstić information content (AvgIpc) is 2.50. The number of hydrogen-bond acceptors (Lipinski definition) is 3. The molecule has 0 aliphatic rings. The maximum absolute atomic E-state index is 11.7. The first-order valence-corrected chi connectivity index (χ1v) is 6.75. The van der Waals surface area contributed by atoms with Crippen LogP contribution in [0.5, 0.6) is 5.75 Å². The van der Waals surface area contributed by atoms with Gasteiger partial charge in [0.15, 0.2) is 0 Å². The molecule has 0 atom stereocenters. The SMILES string of the molecule is COc1ccc(CC(=O)N/N=C\c2ccc(Cl)cc2)cc1. The summed E-state index contributed by atoms with van der Waals surface area (Å²) < 4.78 is 5.06. The second kappa shape index (κ2) is 7.45. The largest absolute Gasteiger partial charge is 0.497 e. The molecule has 4 nitrogen and oxygen atoms in total. The van der Waals surface area contributed by atoms with Crippen molar-refractivity contribution in [2.45, 2.75) is 6.42 Å². The highest BCUT2D eigenvalue weighted by atomic mass is 35.5. The van der Waals surface area contributed by atoms with Crippen LogP contribution in [-0.2, 0) is 11.2 Å². The molecule has 0 fully saturated rings. The molecule has 2 aromatic rings. The van der Waals surface area contributed by atoms with Crippen molar-refractivity contribution in [3.63, 3.8) is 0 Å². The summed E-state index contributed by atoms with van der Waals surface area (Å²) in [6.07, 6.45) is 1.84. The normalized spacial score (nSPS) is 10.6. The highest BCUT2D eigenvalue weighted by Gasteiger charge is 2.02. The highest BCUT2D eigenvalue weighted by molar-refractivity contribution is 6.30. The van der Waals surface area contributed by atoms with Crippen LogP contribution in [0.1, 0.15) is 11.1 Å². The molecule has 0 bridgehead atoms. The Morgan fingerprint density at radius 1 is 1.19 bits per heavy atom. The standard InChI is InChI=1S/C16H15ClN2O2/c1-21-15-8-4-12(5-9-15)10-16(20)19-18-11-13-2-6-14(17)7-3-13/h2-9,11H,10H2,1H3,(H,19,20)/b18-11-. The van der Waals surface area contributed by atoms with Gasteiger partial charge in [-0.2, -0.15) is 5.10 Å². The first-order chi connectivity index (χ1) is 10.2. The molecular weight excluding hydrogens is 288 g/mol. The van der Waals surface area contributed by atoms with E-state index in [9.17, 15) is 4.79 Å². The molecule has 2 rings (SSSR count). The van der Waals surface area contributed by atoms with E-state index in [2.05, 4.69) is 10.5 Å². The number of hydrogen-bond donors (Lipinski definition) is 1. The number of halogens is 1. The molecule has 0 saturated carbocycles. The van der Waals surface area contributed by atoms with E-state index < -0.39 is 0 Å². The van der Waals surface area contributed by atoms with Crippen molar-refractivity contribution in [3.05, 3.63) is 64.7 Å². The van der Waals surface area contributed by atoms with E-state index in [1.54, 1.807) is 25.5 Å². The van der Waals surface area contributed by atoms with Crippen LogP contribution in [0.3, 0.4) is 0 Å². The third-order valence-corrected chi connectivity index (χ3v) is 3.05. The second-order valence-electron chi connectivity index (χ2n) is 4.37. The highest BCUT2D eigenvalue weighted by Crippen LogP contribution is 2.11. The quantitative estimate of drug-likeness (QED) is 0.682. The van der Waals surface area contributed by atoms with Crippen LogP contribution in [0, 0.1) is 0 Å². The summed E-state index contributed by atoms with van der Waals surface area (Å²) in [6, 6.07) is 14.5. The molecule has 0 unspecified atom stereocenters. The van der Waals surface area contributed by atoms with Crippen molar-refractivity contribution in [1.29, 1.82) is 0 Å². The van der Waals surface area contributed by atoms with Gasteiger partial charge in [0, 0.05) is 5.02 Å². The Labute approximate surface area is 128 Å². The zero-order chi connectivity index (χ0) is 15.1. The molecule has 1 amide bonds. The molecule has 0 saturated heterocycles. The third kappa shape index (κ3) is 4.93. The van der Waals surface area contributed by atoms with Crippen LogP contribution in [0.25, 0.3) is 0 Å². The fourth-order valence-electron chi connectivity index (χ4n) is 1.70. The Balaban J connectivity index is 1.85. The van der Waals surface area contributed by atoms with Crippen molar-refractivity contribution >= 4 is 23.7 Å². The van der Waals surface area contributed by atoms with Gasteiger partial charge in [-0.25, -0.2) is 5.43 Å². The zero-order valence-electron chi connectivity index (χ0n) is 11.5. The molecule has 108 valence electrons. The van der Waals surface area contributed by atoms with Crippen LogP contribution in [0.2, 0.25) is 5.02 Å². The fraction of sp³-hybridized carbons (Fsp3) is 0.125. The molecular formula is C16H15ClN2O2. The first kappa shape index (κ1) is 15.1. The van der Waals surface area contributed by atoms with Gasteiger partial charge in [0.2, 0.25) is 5.91 Å². The molecule has 0 radical (unpaired) electrons. The number of hydrazone groups is 1. The monoisotopic (exact) mass is 302 g/mol. The summed E-state index contributed by atoms with van der Waals surface area (Å²) in [5.74, 6) is 0.588. The Bertz CT molecular complexity index is 622. The van der Waals surface area contributed by atoms with Crippen molar-refractivity contribution in [3.8, 4) is 5.75 Å². The minimum atomic E-state index is -0.176. The minimum Gasteiger partial charge on any atom is -0.497 e. The second-order valence-corrected chi connectivity index (χ2v) is 4.81. The van der Waals surface area contributed by atoms with Gasteiger partial charge < -0.3 is 4.74 Å². The predicted octanol–water partition coefficient (Wildman–Crippen LogP) is 3.04. The van der Waals surface area contributed by atoms with Crippen LogP contribution in [0.15, 0.2) is 53.6 Å². The lowest BCUT2D eigenvalue weighted by Crippen LogP contribution is -2.19. The van der Waals surface area contributed by atoms with Crippen molar-refractivity contribution in [2.24, 2.45) is 5.10 Å². The summed E-state index contributed by atoms with van der Waals surface area (Å²) >= 11 is 5.78. The summed E-state index contributed by atoms with van der Waals surface area (Å²) in [5.41, 5.74) is 4.25. The summed E-state index contributed by atoms with van der Waals surface area (Å²) in [5, 5.41) is 4.57. The Hall–Kier alpha value is -2.33. The van der Waals surface area contributed by atoms with E-state index in [4.69, 9.17) is 16.3 Å². The molecule has 0 aromatic heterocycles. The van der Waals surface area contributed by atoms with Gasteiger partial charge in [-0.3, -0.25) is 4.79 Å². The van der Waals surface area contributed by atoms with Gasteiger partial charge in [-0.15, -0.1) is 0 Å². The van der Waals surface area contributed by atoms with Gasteiger partial charge in [0.05, 0.1) is 19.7 Å². The summed E-state index contributed by atoms with van der Waals surface area (Å²) in [4.78, 5) is 11.7.